The Morgan fingerprint density at radius 2 is 1.88 bits per heavy atom. The Balaban J connectivity index is 4.13. The number of sulfone groups is 1. The van der Waals surface area contributed by atoms with Crippen molar-refractivity contribution < 1.29 is 18.3 Å². The lowest BCUT2D eigenvalue weighted by molar-refractivity contribution is 0.0444. The maximum absolute atomic E-state index is 11.9. The topological polar surface area (TPSA) is 66.8 Å². The van der Waals surface area contributed by atoms with E-state index >= 15 is 0 Å². The number of hydrogen-bond acceptors (Lipinski definition) is 5. The smallest absolute Gasteiger partial charge is 0.156 e. The number of ether oxygens (including phenoxy) is 1. The van der Waals surface area contributed by atoms with Gasteiger partial charge < -0.3 is 14.7 Å². The van der Waals surface area contributed by atoms with Crippen LogP contribution in [0.3, 0.4) is 0 Å². The molecule has 6 heteroatoms. The van der Waals surface area contributed by atoms with Crippen molar-refractivity contribution >= 4 is 9.84 Å². The highest BCUT2D eigenvalue weighted by atomic mass is 32.2. The third-order valence-electron chi connectivity index (χ3n) is 2.56. The lowest BCUT2D eigenvalue weighted by Gasteiger charge is -2.23. The van der Waals surface area contributed by atoms with Crippen LogP contribution >= 0.6 is 0 Å². The summed E-state index contributed by atoms with van der Waals surface area (Å²) in [6, 6.07) is 0. The molecule has 0 rings (SSSR count). The first kappa shape index (κ1) is 16.8. The maximum atomic E-state index is 11.9. The molecular formula is C11H25NO4S. The largest absolute Gasteiger partial charge is 0.389 e. The molecule has 0 bridgehead atoms. The fraction of sp³-hybridized carbons (Fsp3) is 1.00. The van der Waals surface area contributed by atoms with E-state index in [1.807, 2.05) is 0 Å². The van der Waals surface area contributed by atoms with Gasteiger partial charge in [-0.2, -0.15) is 0 Å². The first-order chi connectivity index (χ1) is 7.60. The van der Waals surface area contributed by atoms with E-state index in [1.54, 1.807) is 32.7 Å². The molecule has 0 radical (unpaired) electrons. The van der Waals surface area contributed by atoms with Gasteiger partial charge in [-0.3, -0.25) is 0 Å². The molecular weight excluding hydrogens is 242 g/mol. The van der Waals surface area contributed by atoms with Crippen LogP contribution in [0.15, 0.2) is 0 Å². The number of hydrogen-bond donors (Lipinski definition) is 1. The van der Waals surface area contributed by atoms with Crippen molar-refractivity contribution in [3.63, 3.8) is 0 Å². The normalized spacial score (nSPS) is 15.2. The first-order valence-corrected chi connectivity index (χ1v) is 7.33. The maximum Gasteiger partial charge on any atom is 0.156 e. The van der Waals surface area contributed by atoms with Crippen molar-refractivity contribution in [3.05, 3.63) is 0 Å². The Morgan fingerprint density at radius 3 is 2.29 bits per heavy atom. The first-order valence-electron chi connectivity index (χ1n) is 5.68. The van der Waals surface area contributed by atoms with Crippen molar-refractivity contribution in [1.82, 2.24) is 4.90 Å². The molecule has 1 N–H and O–H groups in total. The van der Waals surface area contributed by atoms with Gasteiger partial charge in [0.15, 0.2) is 9.84 Å². The second-order valence-corrected chi connectivity index (χ2v) is 8.17. The Hall–Kier alpha value is -0.170. The van der Waals surface area contributed by atoms with Gasteiger partial charge in [0.05, 0.1) is 23.2 Å². The number of methoxy groups -OCH3 is 1. The number of rotatable bonds is 7. The monoisotopic (exact) mass is 267 g/mol. The summed E-state index contributed by atoms with van der Waals surface area (Å²) in [5, 5.41) is 9.49. The van der Waals surface area contributed by atoms with Gasteiger partial charge in [0, 0.05) is 20.2 Å². The van der Waals surface area contributed by atoms with Crippen LogP contribution in [0.25, 0.3) is 0 Å². The second-order valence-electron chi connectivity index (χ2n) is 5.30. The van der Waals surface area contributed by atoms with E-state index < -0.39 is 20.7 Å². The van der Waals surface area contributed by atoms with Crippen molar-refractivity contribution in [2.45, 2.75) is 31.6 Å². The van der Waals surface area contributed by atoms with E-state index in [0.29, 0.717) is 13.1 Å². The SMILES string of the molecule is COCC(O)CN(C)CCS(=O)(=O)C(C)(C)C. The van der Waals surface area contributed by atoms with Crippen LogP contribution in [0.4, 0.5) is 0 Å². The minimum atomic E-state index is -3.10. The van der Waals surface area contributed by atoms with Crippen LogP contribution in [-0.4, -0.2) is 68.9 Å². The van der Waals surface area contributed by atoms with Crippen LogP contribution in [0.5, 0.6) is 0 Å². The van der Waals surface area contributed by atoms with E-state index in [4.69, 9.17) is 4.74 Å². The zero-order valence-corrected chi connectivity index (χ0v) is 12.2. The Bertz CT molecular complexity index is 308. The summed E-state index contributed by atoms with van der Waals surface area (Å²) in [5.41, 5.74) is 0. The second kappa shape index (κ2) is 6.68. The van der Waals surface area contributed by atoms with Gasteiger partial charge in [0.1, 0.15) is 0 Å². The fourth-order valence-electron chi connectivity index (χ4n) is 1.28. The van der Waals surface area contributed by atoms with Crippen molar-refractivity contribution in [3.8, 4) is 0 Å². The minimum absolute atomic E-state index is 0.104. The summed E-state index contributed by atoms with van der Waals surface area (Å²) in [4.78, 5) is 1.80. The molecule has 0 aliphatic rings. The average molecular weight is 267 g/mol. The van der Waals surface area contributed by atoms with E-state index in [1.165, 1.54) is 7.11 Å². The fourth-order valence-corrected chi connectivity index (χ4v) is 2.44. The molecule has 1 atom stereocenters. The molecule has 0 aromatic rings. The highest BCUT2D eigenvalue weighted by Gasteiger charge is 2.28. The number of likely N-dealkylation sites (N-methyl/N-ethyl adjacent to an activating group) is 1. The van der Waals surface area contributed by atoms with Gasteiger partial charge in [-0.15, -0.1) is 0 Å². The Labute approximate surface area is 105 Å². The molecule has 1 unspecified atom stereocenters. The molecule has 0 saturated carbocycles. The van der Waals surface area contributed by atoms with Crippen LogP contribution in [0, 0.1) is 0 Å². The molecule has 17 heavy (non-hydrogen) atoms. The highest BCUT2D eigenvalue weighted by molar-refractivity contribution is 7.92. The lowest BCUT2D eigenvalue weighted by Crippen LogP contribution is -2.38. The van der Waals surface area contributed by atoms with Crippen molar-refractivity contribution in [1.29, 1.82) is 0 Å². The number of aliphatic hydroxyl groups is 1. The van der Waals surface area contributed by atoms with Crippen LogP contribution in [0.2, 0.25) is 0 Å². The van der Waals surface area contributed by atoms with E-state index in [-0.39, 0.29) is 12.4 Å². The lowest BCUT2D eigenvalue weighted by atomic mass is 10.3. The number of aliphatic hydroxyl groups excluding tert-OH is 1. The molecule has 0 aromatic heterocycles. The molecule has 0 aliphatic carbocycles. The molecule has 104 valence electrons. The van der Waals surface area contributed by atoms with Crippen molar-refractivity contribution in [2.75, 3.05) is 39.6 Å². The minimum Gasteiger partial charge on any atom is -0.389 e. The predicted octanol–water partition coefficient (Wildman–Crippen LogP) is 0.139. The third kappa shape index (κ3) is 6.35. The van der Waals surface area contributed by atoms with Gasteiger partial charge in [-0.25, -0.2) is 8.42 Å². The average Bonchev–Trinajstić information content (AvgIpc) is 2.13. The molecule has 5 nitrogen and oxygen atoms in total. The van der Waals surface area contributed by atoms with E-state index in [9.17, 15) is 13.5 Å². The summed E-state index contributed by atoms with van der Waals surface area (Å²) < 4.78 is 27.8. The van der Waals surface area contributed by atoms with Crippen LogP contribution < -0.4 is 0 Å². The molecule has 0 aliphatic heterocycles. The summed E-state index contributed by atoms with van der Waals surface area (Å²) in [6.45, 7) is 6.18. The standard InChI is InChI=1S/C11H25NO4S/c1-11(2,3)17(14,15)7-6-12(4)8-10(13)9-16-5/h10,13H,6-9H2,1-5H3. The quantitative estimate of drug-likeness (QED) is 0.710. The summed E-state index contributed by atoms with van der Waals surface area (Å²) in [7, 11) is 0.214. The third-order valence-corrected chi connectivity index (χ3v) is 5.14. The summed E-state index contributed by atoms with van der Waals surface area (Å²) in [6.07, 6.45) is -0.581. The van der Waals surface area contributed by atoms with Crippen LogP contribution in [0.1, 0.15) is 20.8 Å². The molecule has 0 heterocycles. The molecule has 0 amide bonds. The van der Waals surface area contributed by atoms with Gasteiger partial charge in [-0.1, -0.05) is 0 Å². The van der Waals surface area contributed by atoms with Crippen molar-refractivity contribution in [2.24, 2.45) is 0 Å². The number of nitrogens with zero attached hydrogens (tertiary/aromatic N) is 1. The van der Waals surface area contributed by atoms with Gasteiger partial charge in [0.2, 0.25) is 0 Å². The molecule has 0 spiro atoms. The zero-order valence-electron chi connectivity index (χ0n) is 11.4. The summed E-state index contributed by atoms with van der Waals surface area (Å²) in [5.74, 6) is 0.104. The molecule has 0 fully saturated rings. The predicted molar refractivity (Wildman–Crippen MR) is 68.9 cm³/mol. The Morgan fingerprint density at radius 1 is 1.35 bits per heavy atom. The summed E-state index contributed by atoms with van der Waals surface area (Å²) >= 11 is 0. The van der Waals surface area contributed by atoms with Gasteiger partial charge in [0.25, 0.3) is 0 Å². The Kier molecular flexibility index (Phi) is 6.61. The van der Waals surface area contributed by atoms with E-state index in [0.717, 1.165) is 0 Å². The molecule has 0 aromatic carbocycles. The molecule has 0 saturated heterocycles. The highest BCUT2D eigenvalue weighted by Crippen LogP contribution is 2.15. The van der Waals surface area contributed by atoms with Gasteiger partial charge in [-0.05, 0) is 27.8 Å². The van der Waals surface area contributed by atoms with Crippen LogP contribution in [-0.2, 0) is 14.6 Å². The van der Waals surface area contributed by atoms with E-state index in [2.05, 4.69) is 0 Å². The zero-order chi connectivity index (χ0) is 13.7. The van der Waals surface area contributed by atoms with Gasteiger partial charge >= 0.3 is 0 Å².